The molecule has 4 nitrogen and oxygen atoms in total. The Hall–Kier alpha value is -1.76. The second kappa shape index (κ2) is 5.93. The van der Waals surface area contributed by atoms with Gasteiger partial charge in [0.15, 0.2) is 5.82 Å². The van der Waals surface area contributed by atoms with Crippen LogP contribution in [0.15, 0.2) is 36.7 Å². The van der Waals surface area contributed by atoms with Crippen molar-refractivity contribution in [3.63, 3.8) is 0 Å². The minimum Gasteiger partial charge on any atom is -0.369 e. The molecular weight excluding hydrogens is 375 g/mol. The Morgan fingerprint density at radius 3 is 2.76 bits per heavy atom. The fraction of sp³-hybridized carbons (Fsp3) is 0.188. The minimum atomic E-state index is 0.716. The number of rotatable bonds is 3. The van der Waals surface area contributed by atoms with Crippen LogP contribution in [-0.4, -0.2) is 21.5 Å². The number of anilines is 1. The number of nitrogens with zero attached hydrogens (tertiary/aromatic N) is 3. The Balaban J connectivity index is 2.23. The zero-order valence-corrected chi connectivity index (χ0v) is 14.0. The molecule has 2 heterocycles. The molecule has 0 amide bonds. The molecule has 3 rings (SSSR count). The van der Waals surface area contributed by atoms with Crippen molar-refractivity contribution in [3.8, 4) is 11.4 Å². The Bertz CT molecular complexity index is 796. The van der Waals surface area contributed by atoms with E-state index in [2.05, 4.69) is 61.9 Å². The number of hydrogen-bond acceptors (Lipinski definition) is 4. The number of halogens is 1. The number of fused-ring (bicyclic) bond motifs is 1. The molecule has 0 aliphatic carbocycles. The highest BCUT2D eigenvalue weighted by Gasteiger charge is 2.12. The normalized spacial score (nSPS) is 10.8. The molecule has 21 heavy (non-hydrogen) atoms. The largest absolute Gasteiger partial charge is 0.369 e. The van der Waals surface area contributed by atoms with E-state index in [4.69, 9.17) is 0 Å². The van der Waals surface area contributed by atoms with Gasteiger partial charge >= 0.3 is 0 Å². The van der Waals surface area contributed by atoms with Gasteiger partial charge < -0.3 is 5.32 Å². The van der Waals surface area contributed by atoms with Crippen molar-refractivity contribution in [2.45, 2.75) is 13.8 Å². The maximum Gasteiger partial charge on any atom is 0.164 e. The van der Waals surface area contributed by atoms with Crippen molar-refractivity contribution >= 4 is 39.2 Å². The van der Waals surface area contributed by atoms with E-state index < -0.39 is 0 Å². The summed E-state index contributed by atoms with van der Waals surface area (Å²) in [5.41, 5.74) is 1.94. The molecule has 0 spiro atoms. The van der Waals surface area contributed by atoms with E-state index in [0.717, 1.165) is 38.0 Å². The van der Waals surface area contributed by atoms with Crippen molar-refractivity contribution in [3.05, 3.63) is 45.9 Å². The lowest BCUT2D eigenvalue weighted by molar-refractivity contribution is 1.06. The van der Waals surface area contributed by atoms with Crippen LogP contribution in [0.25, 0.3) is 22.2 Å². The zero-order valence-electron chi connectivity index (χ0n) is 11.9. The lowest BCUT2D eigenvalue weighted by Crippen LogP contribution is -2.06. The predicted octanol–water partition coefficient (Wildman–Crippen LogP) is 4.04. The second-order valence-electron chi connectivity index (χ2n) is 4.73. The topological polar surface area (TPSA) is 50.7 Å². The third-order valence-corrected chi connectivity index (χ3v) is 4.56. The van der Waals surface area contributed by atoms with Crippen LogP contribution >= 0.6 is 22.6 Å². The van der Waals surface area contributed by atoms with E-state index in [1.54, 1.807) is 0 Å². The number of benzene rings is 1. The molecule has 0 saturated carbocycles. The van der Waals surface area contributed by atoms with Gasteiger partial charge in [0, 0.05) is 29.9 Å². The van der Waals surface area contributed by atoms with Gasteiger partial charge in [0.05, 0.1) is 9.26 Å². The highest BCUT2D eigenvalue weighted by atomic mass is 127. The maximum absolute atomic E-state index is 4.67. The average Bonchev–Trinajstić information content (AvgIpc) is 2.51. The van der Waals surface area contributed by atoms with Gasteiger partial charge in [-0.3, -0.25) is 4.98 Å². The lowest BCUT2D eigenvalue weighted by Gasteiger charge is -2.11. The molecule has 0 fully saturated rings. The monoisotopic (exact) mass is 390 g/mol. The smallest absolute Gasteiger partial charge is 0.164 e. The molecule has 106 valence electrons. The maximum atomic E-state index is 4.67. The molecule has 5 heteroatoms. The summed E-state index contributed by atoms with van der Waals surface area (Å²) in [6, 6.07) is 8.17. The Morgan fingerprint density at radius 1 is 1.14 bits per heavy atom. The van der Waals surface area contributed by atoms with E-state index in [0.29, 0.717) is 5.82 Å². The van der Waals surface area contributed by atoms with Crippen LogP contribution < -0.4 is 5.32 Å². The number of pyridine rings is 1. The molecule has 0 bridgehead atoms. The molecule has 0 radical (unpaired) electrons. The van der Waals surface area contributed by atoms with Gasteiger partial charge in [-0.2, -0.15) is 0 Å². The summed E-state index contributed by atoms with van der Waals surface area (Å²) in [6.07, 6.45) is 3.70. The van der Waals surface area contributed by atoms with E-state index in [1.165, 1.54) is 0 Å². The van der Waals surface area contributed by atoms with Gasteiger partial charge in [0.25, 0.3) is 0 Å². The van der Waals surface area contributed by atoms with Crippen LogP contribution in [0.2, 0.25) is 0 Å². The first-order valence-corrected chi connectivity index (χ1v) is 7.89. The quantitative estimate of drug-likeness (QED) is 0.686. The van der Waals surface area contributed by atoms with Gasteiger partial charge in [-0.05, 0) is 41.8 Å². The van der Waals surface area contributed by atoms with Crippen LogP contribution in [-0.2, 0) is 0 Å². The number of hydrogen-bond donors (Lipinski definition) is 1. The summed E-state index contributed by atoms with van der Waals surface area (Å²) in [5, 5.41) is 5.51. The number of nitrogens with one attached hydrogen (secondary N) is 1. The van der Waals surface area contributed by atoms with Crippen LogP contribution in [0, 0.1) is 10.5 Å². The zero-order chi connectivity index (χ0) is 14.8. The Kier molecular flexibility index (Phi) is 4.01. The summed E-state index contributed by atoms with van der Waals surface area (Å²) in [7, 11) is 0. The van der Waals surface area contributed by atoms with Gasteiger partial charge in [0.1, 0.15) is 5.82 Å². The second-order valence-corrected chi connectivity index (χ2v) is 5.81. The van der Waals surface area contributed by atoms with Crippen molar-refractivity contribution in [1.29, 1.82) is 0 Å². The third-order valence-electron chi connectivity index (χ3n) is 3.27. The summed E-state index contributed by atoms with van der Waals surface area (Å²) >= 11 is 2.28. The van der Waals surface area contributed by atoms with Gasteiger partial charge in [-0.1, -0.05) is 24.3 Å². The minimum absolute atomic E-state index is 0.716. The third kappa shape index (κ3) is 2.70. The first kappa shape index (κ1) is 14.2. The van der Waals surface area contributed by atoms with Gasteiger partial charge in [-0.15, -0.1) is 0 Å². The van der Waals surface area contributed by atoms with Crippen molar-refractivity contribution < 1.29 is 0 Å². The molecule has 0 saturated heterocycles. The van der Waals surface area contributed by atoms with Gasteiger partial charge in [0.2, 0.25) is 0 Å². The molecule has 3 aromatic rings. The van der Waals surface area contributed by atoms with Crippen LogP contribution in [0.5, 0.6) is 0 Å². The fourth-order valence-corrected chi connectivity index (χ4v) is 2.69. The lowest BCUT2D eigenvalue weighted by atomic mass is 10.1. The van der Waals surface area contributed by atoms with Crippen molar-refractivity contribution in [2.75, 3.05) is 11.9 Å². The Labute approximate surface area is 137 Å². The summed E-state index contributed by atoms with van der Waals surface area (Å²) in [6.45, 7) is 4.90. The first-order chi connectivity index (χ1) is 10.2. The standard InChI is InChI=1S/C16H15IN4/c1-3-19-16-14(17)10(2)20-15(21-16)13-9-18-8-11-6-4-5-7-12(11)13/h4-9H,3H2,1-2H3,(H,19,20,21). The van der Waals surface area contributed by atoms with Crippen molar-refractivity contribution in [2.24, 2.45) is 0 Å². The van der Waals surface area contributed by atoms with Crippen molar-refractivity contribution in [1.82, 2.24) is 15.0 Å². The number of aryl methyl sites for hydroxylation is 1. The number of aromatic nitrogens is 3. The molecule has 0 atom stereocenters. The van der Waals surface area contributed by atoms with Gasteiger partial charge in [-0.25, -0.2) is 9.97 Å². The fourth-order valence-electron chi connectivity index (χ4n) is 2.26. The first-order valence-electron chi connectivity index (χ1n) is 6.82. The molecule has 1 N–H and O–H groups in total. The Morgan fingerprint density at radius 2 is 1.95 bits per heavy atom. The van der Waals surface area contributed by atoms with Crippen LogP contribution in [0.3, 0.4) is 0 Å². The predicted molar refractivity (Wildman–Crippen MR) is 94.4 cm³/mol. The summed E-state index contributed by atoms with van der Waals surface area (Å²) in [4.78, 5) is 13.6. The van der Waals surface area contributed by atoms with E-state index in [1.807, 2.05) is 31.5 Å². The molecular formula is C16H15IN4. The molecule has 0 unspecified atom stereocenters. The average molecular weight is 390 g/mol. The highest BCUT2D eigenvalue weighted by Crippen LogP contribution is 2.28. The molecule has 2 aromatic heterocycles. The SMILES string of the molecule is CCNc1nc(-c2cncc3ccccc23)nc(C)c1I. The van der Waals surface area contributed by atoms with Crippen LogP contribution in [0.4, 0.5) is 5.82 Å². The molecule has 0 aliphatic rings. The van der Waals surface area contributed by atoms with E-state index >= 15 is 0 Å². The summed E-state index contributed by atoms with van der Waals surface area (Å²) in [5.74, 6) is 1.60. The van der Waals surface area contributed by atoms with E-state index in [9.17, 15) is 0 Å². The van der Waals surface area contributed by atoms with E-state index in [-0.39, 0.29) is 0 Å². The summed E-state index contributed by atoms with van der Waals surface area (Å²) < 4.78 is 1.06. The molecule has 1 aromatic carbocycles. The highest BCUT2D eigenvalue weighted by molar-refractivity contribution is 14.1. The molecule has 0 aliphatic heterocycles. The van der Waals surface area contributed by atoms with Crippen LogP contribution in [0.1, 0.15) is 12.6 Å².